The van der Waals surface area contributed by atoms with Gasteiger partial charge in [-0.25, -0.2) is 4.98 Å². The van der Waals surface area contributed by atoms with Crippen LogP contribution in [0.4, 0.5) is 0 Å². The van der Waals surface area contributed by atoms with Crippen LogP contribution in [-0.2, 0) is 4.79 Å². The maximum atomic E-state index is 13.5. The Labute approximate surface area is 237 Å². The number of aliphatic hydroxyl groups excluding tert-OH is 1. The third-order valence-electron chi connectivity index (χ3n) is 9.38. The second kappa shape index (κ2) is 11.7. The van der Waals surface area contributed by atoms with Crippen molar-refractivity contribution in [3.8, 4) is 17.0 Å². The SMILES string of the molecule is COc1ncc(C2CCC(C(NC(=O)C3CCCCC3)c3cccc(-c4cnn(C5CC5)c4)c3)CC2O)cc1C. The largest absolute Gasteiger partial charge is 0.481 e. The topological polar surface area (TPSA) is 89.3 Å². The maximum absolute atomic E-state index is 13.5. The lowest BCUT2D eigenvalue weighted by Crippen LogP contribution is -2.41. The van der Waals surface area contributed by atoms with E-state index in [1.54, 1.807) is 7.11 Å². The van der Waals surface area contributed by atoms with E-state index in [9.17, 15) is 9.90 Å². The smallest absolute Gasteiger partial charge is 0.223 e. The van der Waals surface area contributed by atoms with Gasteiger partial charge in [-0.3, -0.25) is 9.48 Å². The summed E-state index contributed by atoms with van der Waals surface area (Å²) in [4.78, 5) is 18.0. The van der Waals surface area contributed by atoms with Gasteiger partial charge in [0.1, 0.15) is 0 Å². The summed E-state index contributed by atoms with van der Waals surface area (Å²) in [7, 11) is 1.63. The molecule has 1 amide bonds. The molecule has 2 aromatic heterocycles. The minimum absolute atomic E-state index is 0.0302. The molecule has 3 aliphatic rings. The summed E-state index contributed by atoms with van der Waals surface area (Å²) in [6.45, 7) is 1.99. The normalized spacial score (nSPS) is 24.4. The molecular weight excluding hydrogens is 500 g/mol. The van der Waals surface area contributed by atoms with E-state index in [4.69, 9.17) is 4.74 Å². The molecule has 1 aromatic carbocycles. The maximum Gasteiger partial charge on any atom is 0.223 e. The first-order chi connectivity index (χ1) is 19.5. The van der Waals surface area contributed by atoms with Crippen molar-refractivity contribution in [1.82, 2.24) is 20.1 Å². The van der Waals surface area contributed by atoms with Crippen LogP contribution >= 0.6 is 0 Å². The summed E-state index contributed by atoms with van der Waals surface area (Å²) in [5, 5.41) is 19.5. The van der Waals surface area contributed by atoms with Crippen LogP contribution in [0.2, 0.25) is 0 Å². The summed E-state index contributed by atoms with van der Waals surface area (Å²) >= 11 is 0. The monoisotopic (exact) mass is 542 g/mol. The number of hydrogen-bond acceptors (Lipinski definition) is 5. The fraction of sp³-hybridized carbons (Fsp3) is 0.545. The Balaban J connectivity index is 1.24. The van der Waals surface area contributed by atoms with Crippen molar-refractivity contribution in [2.24, 2.45) is 11.8 Å². The van der Waals surface area contributed by atoms with Crippen LogP contribution in [0.25, 0.3) is 11.1 Å². The minimum Gasteiger partial charge on any atom is -0.481 e. The number of nitrogens with zero attached hydrogens (tertiary/aromatic N) is 3. The number of carbonyl (C=O) groups excluding carboxylic acids is 1. The van der Waals surface area contributed by atoms with Crippen molar-refractivity contribution in [2.45, 2.75) is 95.2 Å². The number of rotatable bonds is 8. The molecule has 3 aliphatic carbocycles. The first kappa shape index (κ1) is 27.0. The number of amides is 1. The van der Waals surface area contributed by atoms with Crippen LogP contribution in [0.1, 0.15) is 98.9 Å². The Morgan fingerprint density at radius 3 is 2.60 bits per heavy atom. The number of benzene rings is 1. The molecule has 4 atom stereocenters. The molecule has 4 unspecified atom stereocenters. The average molecular weight is 543 g/mol. The van der Waals surface area contributed by atoms with Crippen molar-refractivity contribution in [3.05, 3.63) is 65.6 Å². The fourth-order valence-corrected chi connectivity index (χ4v) is 6.92. The van der Waals surface area contributed by atoms with Crippen LogP contribution in [-0.4, -0.2) is 39.0 Å². The number of hydrogen-bond donors (Lipinski definition) is 2. The van der Waals surface area contributed by atoms with Gasteiger partial charge in [0, 0.05) is 35.4 Å². The van der Waals surface area contributed by atoms with Crippen LogP contribution < -0.4 is 10.1 Å². The Kier molecular flexibility index (Phi) is 7.92. The molecule has 3 saturated carbocycles. The molecule has 3 fully saturated rings. The molecule has 2 N–H and O–H groups in total. The highest BCUT2D eigenvalue weighted by Crippen LogP contribution is 2.43. The van der Waals surface area contributed by atoms with E-state index in [1.165, 1.54) is 19.3 Å². The third-order valence-corrected chi connectivity index (χ3v) is 9.38. The summed E-state index contributed by atoms with van der Waals surface area (Å²) in [6, 6.07) is 11.1. The van der Waals surface area contributed by atoms with Gasteiger partial charge < -0.3 is 15.2 Å². The lowest BCUT2D eigenvalue weighted by molar-refractivity contribution is -0.127. The Morgan fingerprint density at radius 2 is 1.88 bits per heavy atom. The second-order valence-electron chi connectivity index (χ2n) is 12.2. The van der Waals surface area contributed by atoms with Crippen LogP contribution in [0.3, 0.4) is 0 Å². The second-order valence-corrected chi connectivity index (χ2v) is 12.2. The van der Waals surface area contributed by atoms with Crippen LogP contribution in [0.15, 0.2) is 48.9 Å². The number of carbonyl (C=O) groups is 1. The number of aromatic nitrogens is 3. The van der Waals surface area contributed by atoms with Gasteiger partial charge in [0.2, 0.25) is 11.8 Å². The molecule has 0 aliphatic heterocycles. The van der Waals surface area contributed by atoms with Crippen molar-refractivity contribution in [2.75, 3.05) is 7.11 Å². The highest BCUT2D eigenvalue weighted by atomic mass is 16.5. The van der Waals surface area contributed by atoms with Crippen LogP contribution in [0.5, 0.6) is 5.88 Å². The third kappa shape index (κ3) is 5.80. The van der Waals surface area contributed by atoms with Gasteiger partial charge in [0.15, 0.2) is 0 Å². The lowest BCUT2D eigenvalue weighted by atomic mass is 9.72. The van der Waals surface area contributed by atoms with Gasteiger partial charge in [0.05, 0.1) is 31.5 Å². The molecule has 0 spiro atoms. The number of aliphatic hydroxyl groups is 1. The molecule has 7 nitrogen and oxygen atoms in total. The van der Waals surface area contributed by atoms with Crippen molar-refractivity contribution in [3.63, 3.8) is 0 Å². The molecule has 0 radical (unpaired) electrons. The molecule has 0 saturated heterocycles. The summed E-state index contributed by atoms with van der Waals surface area (Å²) in [6.07, 6.45) is 15.7. The van der Waals surface area contributed by atoms with E-state index in [0.717, 1.165) is 66.3 Å². The minimum atomic E-state index is -0.498. The molecule has 3 aromatic rings. The number of aryl methyl sites for hydroxylation is 1. The molecular formula is C33H42N4O3. The zero-order valence-corrected chi connectivity index (χ0v) is 23.8. The number of nitrogens with one attached hydrogen (secondary N) is 1. The summed E-state index contributed by atoms with van der Waals surface area (Å²) in [5.41, 5.74) is 5.38. The molecule has 7 heteroatoms. The molecule has 0 bridgehead atoms. The summed E-state index contributed by atoms with van der Waals surface area (Å²) in [5.74, 6) is 1.06. The zero-order valence-electron chi connectivity index (χ0n) is 23.8. The first-order valence-electron chi connectivity index (χ1n) is 15.1. The van der Waals surface area contributed by atoms with Crippen molar-refractivity contribution < 1.29 is 14.6 Å². The van der Waals surface area contributed by atoms with Gasteiger partial charge in [0.25, 0.3) is 0 Å². The molecule has 212 valence electrons. The Morgan fingerprint density at radius 1 is 1.05 bits per heavy atom. The van der Waals surface area contributed by atoms with E-state index in [-0.39, 0.29) is 29.7 Å². The van der Waals surface area contributed by atoms with Gasteiger partial charge in [-0.1, -0.05) is 37.5 Å². The number of methoxy groups -OCH3 is 1. The highest BCUT2D eigenvalue weighted by Gasteiger charge is 2.37. The van der Waals surface area contributed by atoms with Gasteiger partial charge in [-0.15, -0.1) is 0 Å². The van der Waals surface area contributed by atoms with Gasteiger partial charge in [-0.05, 0) is 86.6 Å². The number of ether oxygens (including phenoxy) is 1. The van der Waals surface area contributed by atoms with E-state index >= 15 is 0 Å². The Hall–Kier alpha value is -3.19. The van der Waals surface area contributed by atoms with E-state index in [1.807, 2.05) is 19.3 Å². The predicted octanol–water partition coefficient (Wildman–Crippen LogP) is 6.28. The van der Waals surface area contributed by atoms with Gasteiger partial charge in [-0.2, -0.15) is 5.10 Å². The van der Waals surface area contributed by atoms with Gasteiger partial charge >= 0.3 is 0 Å². The van der Waals surface area contributed by atoms with E-state index in [0.29, 0.717) is 18.3 Å². The van der Waals surface area contributed by atoms with E-state index < -0.39 is 6.10 Å². The number of pyridine rings is 1. The fourth-order valence-electron chi connectivity index (χ4n) is 6.92. The van der Waals surface area contributed by atoms with Crippen molar-refractivity contribution >= 4 is 5.91 Å². The lowest BCUT2D eigenvalue weighted by Gasteiger charge is -2.38. The van der Waals surface area contributed by atoms with E-state index in [2.05, 4.69) is 56.6 Å². The predicted molar refractivity (Wildman–Crippen MR) is 155 cm³/mol. The zero-order chi connectivity index (χ0) is 27.6. The first-order valence-corrected chi connectivity index (χ1v) is 15.1. The highest BCUT2D eigenvalue weighted by molar-refractivity contribution is 5.79. The standard InChI is InChI=1S/C33H42N4O3/c1-21-15-26(18-34-33(21)40-2)29-14-11-25(17-30(29)38)31(36-32(39)22-7-4-3-5-8-22)24-10-6-9-23(16-24)27-19-35-37(20-27)28-12-13-28/h6,9-10,15-16,18-20,22,25,28-31,38H,3-5,7-8,11-14,17H2,1-2H3,(H,36,39). The average Bonchev–Trinajstić information content (AvgIpc) is 3.72. The van der Waals surface area contributed by atoms with Crippen molar-refractivity contribution in [1.29, 1.82) is 0 Å². The quantitative estimate of drug-likeness (QED) is 0.350. The molecule has 40 heavy (non-hydrogen) atoms. The molecule has 2 heterocycles. The summed E-state index contributed by atoms with van der Waals surface area (Å²) < 4.78 is 7.42. The molecule has 6 rings (SSSR count). The van der Waals surface area contributed by atoms with Crippen LogP contribution in [0, 0.1) is 18.8 Å². The Bertz CT molecular complexity index is 1330.